The maximum atomic E-state index is 13.5. The summed E-state index contributed by atoms with van der Waals surface area (Å²) in [6.45, 7) is 7.91. The minimum atomic E-state index is -0.751. The third-order valence-electron chi connectivity index (χ3n) is 5.84. The van der Waals surface area contributed by atoms with Gasteiger partial charge in [0.05, 0.1) is 6.04 Å². The van der Waals surface area contributed by atoms with E-state index in [2.05, 4.69) is 25.5 Å². The first-order valence-corrected chi connectivity index (χ1v) is 11.9. The van der Waals surface area contributed by atoms with E-state index in [9.17, 15) is 14.4 Å². The molecule has 1 saturated heterocycles. The molecule has 2 aromatic rings. The number of nitrogens with zero attached hydrogens (tertiary/aromatic N) is 3. The molecule has 0 spiro atoms. The third kappa shape index (κ3) is 5.75. The highest BCUT2D eigenvalue weighted by Gasteiger charge is 2.42. The summed E-state index contributed by atoms with van der Waals surface area (Å²) in [6, 6.07) is 7.70. The Bertz CT molecular complexity index is 988. The number of anilines is 1. The van der Waals surface area contributed by atoms with E-state index in [1.807, 2.05) is 51.1 Å². The first kappa shape index (κ1) is 24.8. The Morgan fingerprint density at radius 2 is 1.88 bits per heavy atom. The van der Waals surface area contributed by atoms with Gasteiger partial charge in [0.2, 0.25) is 17.7 Å². The van der Waals surface area contributed by atoms with Crippen LogP contribution in [0, 0.1) is 5.41 Å². The van der Waals surface area contributed by atoms with Crippen LogP contribution in [0.2, 0.25) is 0 Å². The number of nitrogens with one attached hydrogen (secondary N) is 3. The molecule has 0 bridgehead atoms. The molecule has 0 radical (unpaired) electrons. The average Bonchev–Trinajstić information content (AvgIpc) is 3.45. The van der Waals surface area contributed by atoms with Gasteiger partial charge in [-0.05, 0) is 32.2 Å². The average molecular weight is 473 g/mol. The van der Waals surface area contributed by atoms with Crippen molar-refractivity contribution >= 4 is 34.3 Å². The van der Waals surface area contributed by atoms with Gasteiger partial charge in [-0.25, -0.2) is 0 Å². The Morgan fingerprint density at radius 1 is 1.18 bits per heavy atom. The quantitative estimate of drug-likeness (QED) is 0.569. The summed E-state index contributed by atoms with van der Waals surface area (Å²) in [5, 5.41) is 13.4. The van der Waals surface area contributed by atoms with Crippen molar-refractivity contribution in [3.8, 4) is 11.3 Å². The molecule has 1 fully saturated rings. The molecule has 9 nitrogen and oxygen atoms in total. The molecule has 1 aliphatic heterocycles. The van der Waals surface area contributed by atoms with Gasteiger partial charge in [0.1, 0.15) is 22.8 Å². The second-order valence-electron chi connectivity index (χ2n) is 9.31. The molecule has 0 unspecified atom stereocenters. The van der Waals surface area contributed by atoms with Gasteiger partial charge in [-0.1, -0.05) is 55.6 Å². The molecule has 3 amide bonds. The standard InChI is InChI=1S/C23H32N6O3S/c1-14(24-5)19(30)25-18(23(2,3)4)22(32)29-13-9-12-16(29)20(31)26-21-17(27-28-33-21)15-10-7-6-8-11-15/h6-8,10-11,14,16,18,24H,9,12-13H2,1-5H3,(H,25,30)(H,26,31)/t14-,16-,18+/m0/s1. The summed E-state index contributed by atoms with van der Waals surface area (Å²) >= 11 is 1.11. The van der Waals surface area contributed by atoms with Crippen molar-refractivity contribution in [3.05, 3.63) is 30.3 Å². The first-order valence-electron chi connectivity index (χ1n) is 11.1. The molecule has 0 saturated carbocycles. The van der Waals surface area contributed by atoms with Crippen LogP contribution in [0.3, 0.4) is 0 Å². The van der Waals surface area contributed by atoms with E-state index in [1.54, 1.807) is 18.9 Å². The smallest absolute Gasteiger partial charge is 0.247 e. The highest BCUT2D eigenvalue weighted by atomic mass is 32.1. The molecule has 3 atom stereocenters. The van der Waals surface area contributed by atoms with Gasteiger partial charge < -0.3 is 20.9 Å². The van der Waals surface area contributed by atoms with Crippen LogP contribution < -0.4 is 16.0 Å². The largest absolute Gasteiger partial charge is 0.342 e. The molecule has 1 aromatic carbocycles. The number of hydrogen-bond donors (Lipinski definition) is 3. The summed E-state index contributed by atoms with van der Waals surface area (Å²) in [7, 11) is 1.69. The van der Waals surface area contributed by atoms with Crippen molar-refractivity contribution in [2.24, 2.45) is 5.41 Å². The SMILES string of the molecule is CN[C@@H](C)C(=O)N[C@H](C(=O)N1CCC[C@H]1C(=O)Nc1snnc1-c1ccccc1)C(C)(C)C. The fourth-order valence-corrected chi connectivity index (χ4v) is 4.36. The van der Waals surface area contributed by atoms with E-state index in [-0.39, 0.29) is 17.7 Å². The second kappa shape index (κ2) is 10.4. The van der Waals surface area contributed by atoms with Crippen LogP contribution in [0.1, 0.15) is 40.5 Å². The van der Waals surface area contributed by atoms with Crippen LogP contribution in [0.15, 0.2) is 30.3 Å². The van der Waals surface area contributed by atoms with Crippen molar-refractivity contribution < 1.29 is 14.4 Å². The highest BCUT2D eigenvalue weighted by Crippen LogP contribution is 2.30. The van der Waals surface area contributed by atoms with E-state index in [4.69, 9.17) is 0 Å². The molecular formula is C23H32N6O3S. The Morgan fingerprint density at radius 3 is 2.52 bits per heavy atom. The lowest BCUT2D eigenvalue weighted by Crippen LogP contribution is -2.59. The van der Waals surface area contributed by atoms with Crippen molar-refractivity contribution in [3.63, 3.8) is 0 Å². The predicted octanol–water partition coefficient (Wildman–Crippen LogP) is 2.27. The summed E-state index contributed by atoms with van der Waals surface area (Å²) in [6.07, 6.45) is 1.27. The minimum absolute atomic E-state index is 0.248. The number of rotatable bonds is 7. The van der Waals surface area contributed by atoms with E-state index in [0.717, 1.165) is 17.1 Å². The summed E-state index contributed by atoms with van der Waals surface area (Å²) in [5.41, 5.74) is 0.937. The Balaban J connectivity index is 1.77. The molecule has 10 heteroatoms. The number of carbonyl (C=O) groups excluding carboxylic acids is 3. The Kier molecular flexibility index (Phi) is 7.80. The van der Waals surface area contributed by atoms with Crippen LogP contribution in [-0.4, -0.2) is 63.9 Å². The zero-order valence-electron chi connectivity index (χ0n) is 19.7. The van der Waals surface area contributed by atoms with E-state index in [0.29, 0.717) is 30.1 Å². The van der Waals surface area contributed by atoms with Crippen LogP contribution in [-0.2, 0) is 14.4 Å². The topological polar surface area (TPSA) is 116 Å². The molecule has 178 valence electrons. The summed E-state index contributed by atoms with van der Waals surface area (Å²) < 4.78 is 3.99. The highest BCUT2D eigenvalue weighted by molar-refractivity contribution is 7.10. The fraction of sp³-hybridized carbons (Fsp3) is 0.522. The molecule has 2 heterocycles. The Labute approximate surface area is 198 Å². The monoisotopic (exact) mass is 472 g/mol. The second-order valence-corrected chi connectivity index (χ2v) is 10.1. The number of amides is 3. The van der Waals surface area contributed by atoms with Gasteiger partial charge in [0.25, 0.3) is 0 Å². The lowest BCUT2D eigenvalue weighted by molar-refractivity contribution is -0.143. The van der Waals surface area contributed by atoms with E-state index >= 15 is 0 Å². The minimum Gasteiger partial charge on any atom is -0.342 e. The Hall–Kier alpha value is -2.85. The fourth-order valence-electron chi connectivity index (χ4n) is 3.77. The van der Waals surface area contributed by atoms with Gasteiger partial charge in [0.15, 0.2) is 0 Å². The molecule has 1 aromatic heterocycles. The van der Waals surface area contributed by atoms with Crippen molar-refractivity contribution in [2.45, 2.75) is 58.7 Å². The van der Waals surface area contributed by atoms with Crippen molar-refractivity contribution in [1.29, 1.82) is 0 Å². The van der Waals surface area contributed by atoms with Gasteiger partial charge in [-0.3, -0.25) is 14.4 Å². The lowest BCUT2D eigenvalue weighted by atomic mass is 9.85. The lowest BCUT2D eigenvalue weighted by Gasteiger charge is -2.35. The normalized spacial score (nSPS) is 18.0. The van der Waals surface area contributed by atoms with Crippen LogP contribution >= 0.6 is 11.5 Å². The predicted molar refractivity (Wildman–Crippen MR) is 129 cm³/mol. The van der Waals surface area contributed by atoms with E-state index < -0.39 is 23.5 Å². The maximum absolute atomic E-state index is 13.5. The number of aromatic nitrogens is 2. The number of likely N-dealkylation sites (N-methyl/N-ethyl adjacent to an activating group) is 1. The first-order chi connectivity index (χ1) is 15.6. The molecule has 3 rings (SSSR count). The molecule has 0 aliphatic carbocycles. The van der Waals surface area contributed by atoms with Crippen molar-refractivity contribution in [1.82, 2.24) is 25.1 Å². The van der Waals surface area contributed by atoms with Crippen LogP contribution in [0.4, 0.5) is 5.00 Å². The van der Waals surface area contributed by atoms with Gasteiger partial charge in [-0.2, -0.15) is 0 Å². The number of hydrogen-bond acceptors (Lipinski definition) is 7. The number of carbonyl (C=O) groups is 3. The van der Waals surface area contributed by atoms with Crippen molar-refractivity contribution in [2.75, 3.05) is 18.9 Å². The molecular weight excluding hydrogens is 440 g/mol. The molecule has 1 aliphatic rings. The van der Waals surface area contributed by atoms with Crippen LogP contribution in [0.5, 0.6) is 0 Å². The maximum Gasteiger partial charge on any atom is 0.247 e. The summed E-state index contributed by atoms with van der Waals surface area (Å²) in [5.74, 6) is -0.775. The zero-order chi connectivity index (χ0) is 24.2. The third-order valence-corrected chi connectivity index (χ3v) is 6.48. The zero-order valence-corrected chi connectivity index (χ0v) is 20.5. The molecule has 3 N–H and O–H groups in total. The summed E-state index contributed by atoms with van der Waals surface area (Å²) in [4.78, 5) is 40.8. The van der Waals surface area contributed by atoms with E-state index in [1.165, 1.54) is 0 Å². The molecule has 33 heavy (non-hydrogen) atoms. The van der Waals surface area contributed by atoms with Gasteiger partial charge >= 0.3 is 0 Å². The number of benzene rings is 1. The number of likely N-dealkylation sites (tertiary alicyclic amines) is 1. The van der Waals surface area contributed by atoms with Gasteiger partial charge in [0, 0.05) is 23.6 Å². The van der Waals surface area contributed by atoms with Gasteiger partial charge in [-0.15, -0.1) is 5.10 Å². The van der Waals surface area contributed by atoms with Crippen LogP contribution in [0.25, 0.3) is 11.3 Å².